The standard InChI is InChI=1S/C20H30N2O6/c1-6-26-16-11-9-15(10-12-16)22-18(24)14(2)27-17(23)8-7-13-21-19(25)28-20(3,4)5/h9-12,14H,6-8,13H2,1-5H3,(H,21,25)(H,22,24)/t14-/m0/s1. The summed E-state index contributed by atoms with van der Waals surface area (Å²) in [6.07, 6.45) is -1.01. The SMILES string of the molecule is CCOc1ccc(NC(=O)[C@H](C)OC(=O)CCCNC(=O)OC(C)(C)C)cc1. The first-order chi connectivity index (χ1) is 13.1. The van der Waals surface area contributed by atoms with E-state index in [0.29, 0.717) is 24.5 Å². The summed E-state index contributed by atoms with van der Waals surface area (Å²) in [6.45, 7) is 9.53. The molecule has 8 heteroatoms. The number of carbonyl (C=O) groups is 3. The highest BCUT2D eigenvalue weighted by Gasteiger charge is 2.18. The van der Waals surface area contributed by atoms with Gasteiger partial charge in [0.05, 0.1) is 6.61 Å². The van der Waals surface area contributed by atoms with Crippen LogP contribution in [0.4, 0.5) is 10.5 Å². The van der Waals surface area contributed by atoms with Crippen molar-refractivity contribution < 1.29 is 28.6 Å². The van der Waals surface area contributed by atoms with Crippen LogP contribution in [0.25, 0.3) is 0 Å². The predicted octanol–water partition coefficient (Wildman–Crippen LogP) is 3.26. The van der Waals surface area contributed by atoms with Gasteiger partial charge in [-0.3, -0.25) is 9.59 Å². The van der Waals surface area contributed by atoms with Crippen molar-refractivity contribution in [3.8, 4) is 5.75 Å². The van der Waals surface area contributed by atoms with Gasteiger partial charge in [-0.1, -0.05) is 0 Å². The first-order valence-electron chi connectivity index (χ1n) is 9.30. The van der Waals surface area contributed by atoms with Gasteiger partial charge in [-0.05, 0) is 65.3 Å². The molecule has 2 N–H and O–H groups in total. The molecule has 0 aromatic heterocycles. The van der Waals surface area contributed by atoms with Crippen LogP contribution in [0, 0.1) is 0 Å². The number of nitrogens with one attached hydrogen (secondary N) is 2. The summed E-state index contributed by atoms with van der Waals surface area (Å²) in [5.41, 5.74) is 0.00715. The second kappa shape index (κ2) is 11.2. The fourth-order valence-corrected chi connectivity index (χ4v) is 2.09. The summed E-state index contributed by atoms with van der Waals surface area (Å²) < 4.78 is 15.5. The van der Waals surface area contributed by atoms with E-state index in [0.717, 1.165) is 0 Å². The van der Waals surface area contributed by atoms with Gasteiger partial charge >= 0.3 is 12.1 Å². The van der Waals surface area contributed by atoms with Crippen molar-refractivity contribution in [3.63, 3.8) is 0 Å². The Morgan fingerprint density at radius 3 is 2.32 bits per heavy atom. The Kier molecular flexibility index (Phi) is 9.27. The normalized spacial score (nSPS) is 11.9. The highest BCUT2D eigenvalue weighted by atomic mass is 16.6. The second-order valence-electron chi connectivity index (χ2n) is 7.11. The lowest BCUT2D eigenvalue weighted by Gasteiger charge is -2.19. The summed E-state index contributed by atoms with van der Waals surface area (Å²) in [5, 5.41) is 5.23. The van der Waals surface area contributed by atoms with Crippen LogP contribution in [0.5, 0.6) is 5.75 Å². The lowest BCUT2D eigenvalue weighted by atomic mass is 10.2. The molecule has 2 amide bonds. The number of alkyl carbamates (subject to hydrolysis) is 1. The average Bonchev–Trinajstić information content (AvgIpc) is 2.59. The Bertz CT molecular complexity index is 652. The molecule has 1 aromatic rings. The number of ether oxygens (including phenoxy) is 3. The Labute approximate surface area is 165 Å². The van der Waals surface area contributed by atoms with E-state index >= 15 is 0 Å². The van der Waals surface area contributed by atoms with E-state index in [-0.39, 0.29) is 13.0 Å². The van der Waals surface area contributed by atoms with Gasteiger partial charge in [0, 0.05) is 18.7 Å². The largest absolute Gasteiger partial charge is 0.494 e. The maximum absolute atomic E-state index is 12.1. The van der Waals surface area contributed by atoms with Gasteiger partial charge in [-0.15, -0.1) is 0 Å². The molecule has 8 nitrogen and oxygen atoms in total. The summed E-state index contributed by atoms with van der Waals surface area (Å²) in [5.74, 6) is -0.232. The van der Waals surface area contributed by atoms with Gasteiger partial charge in [-0.25, -0.2) is 4.79 Å². The minimum absolute atomic E-state index is 0.0798. The van der Waals surface area contributed by atoms with Gasteiger partial charge in [0.25, 0.3) is 5.91 Å². The smallest absolute Gasteiger partial charge is 0.407 e. The van der Waals surface area contributed by atoms with E-state index in [1.807, 2.05) is 6.92 Å². The van der Waals surface area contributed by atoms with E-state index in [1.54, 1.807) is 45.0 Å². The number of anilines is 1. The molecule has 0 fully saturated rings. The minimum atomic E-state index is -0.933. The van der Waals surface area contributed by atoms with Crippen LogP contribution in [-0.4, -0.2) is 42.8 Å². The molecular formula is C20H30N2O6. The molecule has 0 heterocycles. The van der Waals surface area contributed by atoms with Crippen LogP contribution >= 0.6 is 0 Å². The average molecular weight is 394 g/mol. The molecule has 156 valence electrons. The third kappa shape index (κ3) is 9.80. The Morgan fingerprint density at radius 2 is 1.75 bits per heavy atom. The summed E-state index contributed by atoms with van der Waals surface area (Å²) >= 11 is 0. The molecule has 0 aliphatic heterocycles. The minimum Gasteiger partial charge on any atom is -0.494 e. The summed E-state index contributed by atoms with van der Waals surface area (Å²) in [6, 6.07) is 6.90. The Hall–Kier alpha value is -2.77. The van der Waals surface area contributed by atoms with Crippen LogP contribution < -0.4 is 15.4 Å². The molecule has 1 rings (SSSR count). The van der Waals surface area contributed by atoms with Crippen LogP contribution in [-0.2, 0) is 19.1 Å². The van der Waals surface area contributed by atoms with Gasteiger partial charge in [-0.2, -0.15) is 0 Å². The molecule has 0 saturated heterocycles. The summed E-state index contributed by atoms with van der Waals surface area (Å²) in [4.78, 5) is 35.4. The van der Waals surface area contributed by atoms with Crippen molar-refractivity contribution in [1.29, 1.82) is 0 Å². The maximum Gasteiger partial charge on any atom is 0.407 e. The van der Waals surface area contributed by atoms with Gasteiger partial charge in [0.15, 0.2) is 6.10 Å². The highest BCUT2D eigenvalue weighted by Crippen LogP contribution is 2.16. The van der Waals surface area contributed by atoms with E-state index in [4.69, 9.17) is 14.2 Å². The second-order valence-corrected chi connectivity index (χ2v) is 7.11. The fraction of sp³-hybridized carbons (Fsp3) is 0.550. The molecule has 1 atom stereocenters. The van der Waals surface area contributed by atoms with Crippen molar-refractivity contribution in [1.82, 2.24) is 5.32 Å². The predicted molar refractivity (Wildman–Crippen MR) is 105 cm³/mol. The Morgan fingerprint density at radius 1 is 1.11 bits per heavy atom. The van der Waals surface area contributed by atoms with Crippen LogP contribution in [0.2, 0.25) is 0 Å². The zero-order valence-corrected chi connectivity index (χ0v) is 17.2. The molecule has 0 spiro atoms. The Balaban J connectivity index is 2.29. The van der Waals surface area contributed by atoms with Crippen LogP contribution in [0.15, 0.2) is 24.3 Å². The van der Waals surface area contributed by atoms with Crippen molar-refractivity contribution in [2.45, 2.75) is 59.2 Å². The van der Waals surface area contributed by atoms with E-state index in [2.05, 4.69) is 10.6 Å². The molecule has 0 radical (unpaired) electrons. The molecule has 0 saturated carbocycles. The number of hydrogen-bond donors (Lipinski definition) is 2. The number of rotatable bonds is 9. The van der Waals surface area contributed by atoms with Crippen LogP contribution in [0.1, 0.15) is 47.5 Å². The fourth-order valence-electron chi connectivity index (χ4n) is 2.09. The first-order valence-corrected chi connectivity index (χ1v) is 9.30. The lowest BCUT2D eigenvalue weighted by Crippen LogP contribution is -2.33. The monoisotopic (exact) mass is 394 g/mol. The number of hydrogen-bond acceptors (Lipinski definition) is 6. The molecular weight excluding hydrogens is 364 g/mol. The molecule has 0 aliphatic carbocycles. The number of carbonyl (C=O) groups excluding carboxylic acids is 3. The molecule has 1 aromatic carbocycles. The third-order valence-corrected chi connectivity index (χ3v) is 3.34. The number of esters is 1. The van der Waals surface area contributed by atoms with Gasteiger partial charge in [0.2, 0.25) is 0 Å². The van der Waals surface area contributed by atoms with Crippen molar-refractivity contribution in [2.75, 3.05) is 18.5 Å². The van der Waals surface area contributed by atoms with E-state index in [9.17, 15) is 14.4 Å². The lowest BCUT2D eigenvalue weighted by molar-refractivity contribution is -0.153. The van der Waals surface area contributed by atoms with Gasteiger partial charge in [0.1, 0.15) is 11.4 Å². The molecule has 0 unspecified atom stereocenters. The number of benzene rings is 1. The zero-order chi connectivity index (χ0) is 21.2. The van der Waals surface area contributed by atoms with Crippen LogP contribution in [0.3, 0.4) is 0 Å². The topological polar surface area (TPSA) is 103 Å². The summed E-state index contributed by atoms with van der Waals surface area (Å²) in [7, 11) is 0. The third-order valence-electron chi connectivity index (χ3n) is 3.34. The molecule has 0 aliphatic rings. The van der Waals surface area contributed by atoms with Gasteiger partial charge < -0.3 is 24.8 Å². The molecule has 0 bridgehead atoms. The van der Waals surface area contributed by atoms with E-state index < -0.39 is 29.7 Å². The molecule has 28 heavy (non-hydrogen) atoms. The quantitative estimate of drug-likeness (QED) is 0.492. The highest BCUT2D eigenvalue weighted by molar-refractivity contribution is 5.95. The number of amides is 2. The van der Waals surface area contributed by atoms with Crippen molar-refractivity contribution in [2.24, 2.45) is 0 Å². The van der Waals surface area contributed by atoms with Crippen molar-refractivity contribution >= 4 is 23.7 Å². The van der Waals surface area contributed by atoms with Crippen molar-refractivity contribution in [3.05, 3.63) is 24.3 Å². The zero-order valence-electron chi connectivity index (χ0n) is 17.2. The van der Waals surface area contributed by atoms with E-state index in [1.165, 1.54) is 6.92 Å². The maximum atomic E-state index is 12.1. The first kappa shape index (κ1) is 23.3.